The molecule has 0 aliphatic carbocycles. The number of nitrogens with zero attached hydrogens (tertiary/aromatic N) is 2. The number of nitrogens with one attached hydrogen (secondary N) is 2. The second-order valence-corrected chi connectivity index (χ2v) is 9.29. The molecule has 7 heteroatoms. The number of thiophene rings is 2. The Kier molecular flexibility index (Phi) is 6.55. The van der Waals surface area contributed by atoms with Gasteiger partial charge >= 0.3 is 0 Å². The first-order chi connectivity index (χ1) is 13.0. The van der Waals surface area contributed by atoms with E-state index in [1.807, 2.05) is 11.8 Å². The van der Waals surface area contributed by atoms with E-state index in [0.717, 1.165) is 26.1 Å². The zero-order valence-electron chi connectivity index (χ0n) is 16.2. The molecule has 146 valence electrons. The Bertz CT molecular complexity index is 780. The van der Waals surface area contributed by atoms with E-state index in [4.69, 9.17) is 0 Å². The van der Waals surface area contributed by atoms with Gasteiger partial charge in [0.15, 0.2) is 5.96 Å². The van der Waals surface area contributed by atoms with Crippen molar-refractivity contribution in [1.82, 2.24) is 15.5 Å². The molecular formula is C20H28N4OS2. The van der Waals surface area contributed by atoms with Gasteiger partial charge in [-0.2, -0.15) is 0 Å². The molecule has 2 N–H and O–H groups in total. The molecular weight excluding hydrogens is 376 g/mol. The largest absolute Gasteiger partial charge is 0.357 e. The van der Waals surface area contributed by atoms with E-state index in [1.54, 1.807) is 22.7 Å². The third-order valence-corrected chi connectivity index (χ3v) is 7.02. The molecule has 0 saturated carbocycles. The Morgan fingerprint density at radius 1 is 1.26 bits per heavy atom. The Balaban J connectivity index is 1.56. The van der Waals surface area contributed by atoms with Crippen molar-refractivity contribution in [2.75, 3.05) is 26.2 Å². The van der Waals surface area contributed by atoms with E-state index in [1.165, 1.54) is 15.3 Å². The number of carbonyl (C=O) groups excluding carboxylic acids is 1. The molecule has 0 spiro atoms. The molecule has 3 heterocycles. The van der Waals surface area contributed by atoms with Gasteiger partial charge in [0.2, 0.25) is 5.91 Å². The van der Waals surface area contributed by atoms with Gasteiger partial charge < -0.3 is 15.5 Å². The van der Waals surface area contributed by atoms with Crippen molar-refractivity contribution in [3.05, 3.63) is 44.3 Å². The summed E-state index contributed by atoms with van der Waals surface area (Å²) in [5.74, 6) is 0.783. The predicted molar refractivity (Wildman–Crippen MR) is 115 cm³/mol. The van der Waals surface area contributed by atoms with Crippen LogP contribution in [0.15, 0.2) is 34.0 Å². The quantitative estimate of drug-likeness (QED) is 0.574. The highest BCUT2D eigenvalue weighted by Crippen LogP contribution is 2.26. The summed E-state index contributed by atoms with van der Waals surface area (Å²) in [4.78, 5) is 21.8. The first-order valence-corrected chi connectivity index (χ1v) is 11.1. The Morgan fingerprint density at radius 3 is 2.85 bits per heavy atom. The number of carbonyl (C=O) groups is 1. The highest BCUT2D eigenvalue weighted by Gasteiger charge is 2.23. The number of hydrogen-bond acceptors (Lipinski definition) is 4. The zero-order valence-corrected chi connectivity index (χ0v) is 17.9. The van der Waals surface area contributed by atoms with Crippen LogP contribution in [-0.4, -0.2) is 42.9 Å². The lowest BCUT2D eigenvalue weighted by Crippen LogP contribution is -2.44. The van der Waals surface area contributed by atoms with Crippen LogP contribution in [0.5, 0.6) is 0 Å². The van der Waals surface area contributed by atoms with Gasteiger partial charge in [0, 0.05) is 41.3 Å². The lowest BCUT2D eigenvalue weighted by molar-refractivity contribution is -0.130. The van der Waals surface area contributed by atoms with Crippen molar-refractivity contribution >= 4 is 34.5 Å². The highest BCUT2D eigenvalue weighted by molar-refractivity contribution is 7.10. The second-order valence-electron chi connectivity index (χ2n) is 7.34. The molecule has 0 fully saturated rings. The Hall–Kier alpha value is -1.86. The molecule has 5 nitrogen and oxygen atoms in total. The maximum atomic E-state index is 12.6. The summed E-state index contributed by atoms with van der Waals surface area (Å²) < 4.78 is 0. The fourth-order valence-corrected chi connectivity index (χ4v) is 4.85. The number of rotatable bonds is 6. The van der Waals surface area contributed by atoms with Crippen LogP contribution in [0.3, 0.4) is 0 Å². The summed E-state index contributed by atoms with van der Waals surface area (Å²) in [7, 11) is 0. The van der Waals surface area contributed by atoms with Gasteiger partial charge in [-0.05, 0) is 41.8 Å². The van der Waals surface area contributed by atoms with Crippen LogP contribution in [-0.2, 0) is 23.2 Å². The summed E-state index contributed by atoms with van der Waals surface area (Å²) in [6.07, 6.45) is 0.954. The van der Waals surface area contributed by atoms with Gasteiger partial charge in [-0.25, -0.2) is 4.99 Å². The average molecular weight is 405 g/mol. The zero-order chi connectivity index (χ0) is 19.3. The normalized spacial score (nSPS) is 14.8. The molecule has 2 aromatic heterocycles. The third-order valence-electron chi connectivity index (χ3n) is 4.76. The molecule has 0 unspecified atom stereocenters. The minimum absolute atomic E-state index is 0.0105. The van der Waals surface area contributed by atoms with Crippen LogP contribution in [0.1, 0.15) is 36.1 Å². The van der Waals surface area contributed by atoms with E-state index >= 15 is 0 Å². The van der Waals surface area contributed by atoms with Crippen LogP contribution in [0.2, 0.25) is 0 Å². The lowest BCUT2D eigenvalue weighted by atomic mass is 9.91. The maximum absolute atomic E-state index is 12.6. The van der Waals surface area contributed by atoms with Crippen LogP contribution < -0.4 is 10.6 Å². The van der Waals surface area contributed by atoms with E-state index < -0.39 is 0 Å². The van der Waals surface area contributed by atoms with Crippen LogP contribution in [0.4, 0.5) is 0 Å². The first kappa shape index (κ1) is 19.9. The number of fused-ring (bicyclic) bond motifs is 1. The fourth-order valence-electron chi connectivity index (χ4n) is 3.11. The van der Waals surface area contributed by atoms with Crippen LogP contribution in [0, 0.1) is 0 Å². The molecule has 1 amide bonds. The fraction of sp³-hybridized carbons (Fsp3) is 0.500. The summed E-state index contributed by atoms with van der Waals surface area (Å²) >= 11 is 3.55. The van der Waals surface area contributed by atoms with E-state index in [0.29, 0.717) is 12.5 Å². The van der Waals surface area contributed by atoms with Gasteiger partial charge in [0.05, 0.1) is 0 Å². The molecule has 0 radical (unpaired) electrons. The monoisotopic (exact) mass is 404 g/mol. The van der Waals surface area contributed by atoms with Crippen molar-refractivity contribution in [2.24, 2.45) is 4.99 Å². The van der Waals surface area contributed by atoms with Crippen molar-refractivity contribution in [3.8, 4) is 0 Å². The minimum atomic E-state index is 0.0105. The van der Waals surface area contributed by atoms with Gasteiger partial charge in [-0.1, -0.05) is 19.9 Å². The SMILES string of the molecule is CCNC(=NCC(=O)N1CCc2sccc2C1)NCC(C)(C)c1cccs1. The van der Waals surface area contributed by atoms with Crippen LogP contribution >= 0.6 is 22.7 Å². The van der Waals surface area contributed by atoms with E-state index in [9.17, 15) is 4.79 Å². The summed E-state index contributed by atoms with van der Waals surface area (Å²) in [6.45, 7) is 9.66. The van der Waals surface area contributed by atoms with Gasteiger partial charge in [0.1, 0.15) is 6.54 Å². The molecule has 3 rings (SSSR count). The molecule has 1 aliphatic heterocycles. The standard InChI is InChI=1S/C20H28N4OS2/c1-4-21-19(23-14-20(2,3)17-6-5-10-27-17)22-12-18(25)24-9-7-16-15(13-24)8-11-26-16/h5-6,8,10-11H,4,7,9,12-14H2,1-3H3,(H2,21,22,23). The Morgan fingerprint density at radius 2 is 2.11 bits per heavy atom. The number of amides is 1. The Labute approximate surface area is 169 Å². The minimum Gasteiger partial charge on any atom is -0.357 e. The summed E-state index contributed by atoms with van der Waals surface area (Å²) in [5, 5.41) is 10.9. The predicted octanol–water partition coefficient (Wildman–Crippen LogP) is 3.23. The molecule has 0 saturated heterocycles. The number of hydrogen-bond donors (Lipinski definition) is 2. The van der Waals surface area contributed by atoms with Crippen molar-refractivity contribution in [1.29, 1.82) is 0 Å². The maximum Gasteiger partial charge on any atom is 0.244 e. The molecule has 0 bridgehead atoms. The van der Waals surface area contributed by atoms with Crippen molar-refractivity contribution in [2.45, 2.75) is 39.2 Å². The van der Waals surface area contributed by atoms with E-state index in [2.05, 4.69) is 58.4 Å². The molecule has 0 aromatic carbocycles. The topological polar surface area (TPSA) is 56.7 Å². The van der Waals surface area contributed by atoms with E-state index in [-0.39, 0.29) is 17.9 Å². The molecule has 2 aromatic rings. The summed E-state index contributed by atoms with van der Waals surface area (Å²) in [5.41, 5.74) is 1.29. The third kappa shape index (κ3) is 5.11. The van der Waals surface area contributed by atoms with Gasteiger partial charge in [0.25, 0.3) is 0 Å². The van der Waals surface area contributed by atoms with Gasteiger partial charge in [-0.15, -0.1) is 22.7 Å². The van der Waals surface area contributed by atoms with Crippen LogP contribution in [0.25, 0.3) is 0 Å². The van der Waals surface area contributed by atoms with Crippen molar-refractivity contribution in [3.63, 3.8) is 0 Å². The highest BCUT2D eigenvalue weighted by atomic mass is 32.1. The smallest absolute Gasteiger partial charge is 0.244 e. The molecule has 0 atom stereocenters. The summed E-state index contributed by atoms with van der Waals surface area (Å²) in [6, 6.07) is 6.37. The van der Waals surface area contributed by atoms with Gasteiger partial charge in [-0.3, -0.25) is 4.79 Å². The lowest BCUT2D eigenvalue weighted by Gasteiger charge is -2.27. The number of guanidine groups is 1. The second kappa shape index (κ2) is 8.89. The first-order valence-electron chi connectivity index (χ1n) is 9.39. The molecule has 1 aliphatic rings. The van der Waals surface area contributed by atoms with Crippen molar-refractivity contribution < 1.29 is 4.79 Å². The number of aliphatic imine (C=N–C) groups is 1. The molecule has 27 heavy (non-hydrogen) atoms. The average Bonchev–Trinajstić information content (AvgIpc) is 3.35.